The Hall–Kier alpha value is -1.82. The van der Waals surface area contributed by atoms with E-state index in [1.54, 1.807) is 23.8 Å². The number of hydrogen-bond donors (Lipinski definition) is 1. The second-order valence-corrected chi connectivity index (χ2v) is 7.68. The summed E-state index contributed by atoms with van der Waals surface area (Å²) in [5.41, 5.74) is 2.18. The van der Waals surface area contributed by atoms with Crippen molar-refractivity contribution < 1.29 is 14.4 Å². The van der Waals surface area contributed by atoms with Crippen LogP contribution < -0.4 is 4.90 Å². The number of ether oxygens (including phenoxy) is 1. The average Bonchev–Trinajstić information content (AvgIpc) is 2.69. The van der Waals surface area contributed by atoms with Gasteiger partial charge in [-0.25, -0.2) is 0 Å². The fourth-order valence-corrected chi connectivity index (χ4v) is 4.22. The smallest absolute Gasteiger partial charge is 0.255 e. The van der Waals surface area contributed by atoms with Crippen LogP contribution in [0.2, 0.25) is 0 Å². The summed E-state index contributed by atoms with van der Waals surface area (Å²) >= 11 is 1.69. The van der Waals surface area contributed by atoms with Gasteiger partial charge in [-0.05, 0) is 12.1 Å². The third kappa shape index (κ3) is 5.10. The van der Waals surface area contributed by atoms with Gasteiger partial charge in [0.2, 0.25) is 0 Å². The highest BCUT2D eigenvalue weighted by molar-refractivity contribution is 7.99. The normalized spacial score (nSPS) is 15.2. The Kier molecular flexibility index (Phi) is 7.12. The lowest BCUT2D eigenvalue weighted by Crippen LogP contribution is -3.13. The summed E-state index contributed by atoms with van der Waals surface area (Å²) in [6.07, 6.45) is 0. The maximum atomic E-state index is 13.0. The number of benzene rings is 2. The number of nitrogens with one attached hydrogen (secondary N) is 1. The number of carbonyl (C=O) groups is 1. The topological polar surface area (TPSA) is 34.0 Å². The zero-order chi connectivity index (χ0) is 18.2. The van der Waals surface area contributed by atoms with E-state index in [0.717, 1.165) is 48.9 Å². The highest BCUT2D eigenvalue weighted by Gasteiger charge is 2.25. The number of amides is 1. The van der Waals surface area contributed by atoms with Gasteiger partial charge in [0.1, 0.15) is 6.54 Å². The molecule has 1 aliphatic rings. The highest BCUT2D eigenvalue weighted by Crippen LogP contribution is 2.23. The molecule has 1 saturated heterocycles. The van der Waals surface area contributed by atoms with Crippen LogP contribution in [0.5, 0.6) is 0 Å². The molecule has 1 amide bonds. The first-order valence-corrected chi connectivity index (χ1v) is 10.1. The van der Waals surface area contributed by atoms with Crippen LogP contribution in [0.1, 0.15) is 15.9 Å². The van der Waals surface area contributed by atoms with E-state index >= 15 is 0 Å². The summed E-state index contributed by atoms with van der Waals surface area (Å²) in [5.74, 6) is 1.01. The zero-order valence-corrected chi connectivity index (χ0v) is 16.1. The van der Waals surface area contributed by atoms with Crippen LogP contribution in [0.25, 0.3) is 0 Å². The Balaban J connectivity index is 1.57. The lowest BCUT2D eigenvalue weighted by atomic mass is 10.1. The van der Waals surface area contributed by atoms with Gasteiger partial charge >= 0.3 is 0 Å². The first-order valence-electron chi connectivity index (χ1n) is 9.15. The van der Waals surface area contributed by atoms with E-state index in [-0.39, 0.29) is 5.91 Å². The molecule has 1 fully saturated rings. The molecule has 3 rings (SSSR count). The SMILES string of the molecule is COCCSc1ccccc1C(=O)N1CC[NH+](Cc2ccccc2)CC1. The Bertz CT molecular complexity index is 700. The molecule has 138 valence electrons. The average molecular weight is 372 g/mol. The summed E-state index contributed by atoms with van der Waals surface area (Å²) in [6.45, 7) is 5.36. The minimum absolute atomic E-state index is 0.157. The molecule has 26 heavy (non-hydrogen) atoms. The fourth-order valence-electron chi connectivity index (χ4n) is 3.26. The van der Waals surface area contributed by atoms with Crippen LogP contribution in [0.15, 0.2) is 59.5 Å². The third-order valence-electron chi connectivity index (χ3n) is 4.72. The number of nitrogens with zero attached hydrogens (tertiary/aromatic N) is 1. The summed E-state index contributed by atoms with van der Waals surface area (Å²) in [6, 6.07) is 18.5. The molecule has 2 aromatic carbocycles. The van der Waals surface area contributed by atoms with E-state index in [0.29, 0.717) is 6.61 Å². The summed E-state index contributed by atoms with van der Waals surface area (Å²) < 4.78 is 5.12. The van der Waals surface area contributed by atoms with Gasteiger partial charge in [0.25, 0.3) is 5.91 Å². The van der Waals surface area contributed by atoms with Gasteiger partial charge in [-0.2, -0.15) is 0 Å². The molecule has 0 spiro atoms. The number of piperazine rings is 1. The molecule has 1 N–H and O–H groups in total. The molecule has 2 aromatic rings. The molecule has 5 heteroatoms. The highest BCUT2D eigenvalue weighted by atomic mass is 32.2. The number of rotatable bonds is 7. The summed E-state index contributed by atoms with van der Waals surface area (Å²) in [4.78, 5) is 17.6. The van der Waals surface area contributed by atoms with Gasteiger partial charge in [-0.15, -0.1) is 11.8 Å². The molecule has 0 aromatic heterocycles. The predicted molar refractivity (Wildman–Crippen MR) is 106 cm³/mol. The van der Waals surface area contributed by atoms with E-state index in [1.165, 1.54) is 5.56 Å². The molecule has 4 nitrogen and oxygen atoms in total. The summed E-state index contributed by atoms with van der Waals surface area (Å²) in [7, 11) is 1.70. The molecule has 1 aliphatic heterocycles. The van der Waals surface area contributed by atoms with Crippen LogP contribution in [0, 0.1) is 0 Å². The summed E-state index contributed by atoms with van der Waals surface area (Å²) in [5, 5.41) is 0. The van der Waals surface area contributed by atoms with E-state index in [4.69, 9.17) is 4.74 Å². The third-order valence-corrected chi connectivity index (χ3v) is 5.75. The second kappa shape index (κ2) is 9.76. The number of hydrogen-bond acceptors (Lipinski definition) is 3. The van der Waals surface area contributed by atoms with Crippen molar-refractivity contribution in [2.75, 3.05) is 45.6 Å². The molecule has 1 heterocycles. The van der Waals surface area contributed by atoms with Gasteiger partial charge in [0.15, 0.2) is 0 Å². The quantitative estimate of drug-likeness (QED) is 0.597. The van der Waals surface area contributed by atoms with Crippen molar-refractivity contribution in [2.45, 2.75) is 11.4 Å². The largest absolute Gasteiger partial charge is 0.384 e. The van der Waals surface area contributed by atoms with Crippen molar-refractivity contribution in [3.63, 3.8) is 0 Å². The molecule has 0 saturated carbocycles. The minimum atomic E-state index is 0.157. The Morgan fingerprint density at radius 1 is 1.08 bits per heavy atom. The van der Waals surface area contributed by atoms with E-state index in [9.17, 15) is 4.79 Å². The predicted octanol–water partition coefficient (Wildman–Crippen LogP) is 1.97. The van der Waals surface area contributed by atoms with Gasteiger partial charge < -0.3 is 14.5 Å². The van der Waals surface area contributed by atoms with Crippen LogP contribution in [-0.4, -0.2) is 56.5 Å². The van der Waals surface area contributed by atoms with Crippen LogP contribution >= 0.6 is 11.8 Å². The lowest BCUT2D eigenvalue weighted by Gasteiger charge is -2.32. The van der Waals surface area contributed by atoms with Gasteiger partial charge in [-0.1, -0.05) is 42.5 Å². The van der Waals surface area contributed by atoms with Crippen molar-refractivity contribution in [2.24, 2.45) is 0 Å². The Morgan fingerprint density at radius 3 is 2.50 bits per heavy atom. The number of quaternary nitrogens is 1. The van der Waals surface area contributed by atoms with Crippen molar-refractivity contribution in [1.29, 1.82) is 0 Å². The molecular formula is C21H27N2O2S+. The maximum Gasteiger partial charge on any atom is 0.255 e. The maximum absolute atomic E-state index is 13.0. The molecule has 0 unspecified atom stereocenters. The van der Waals surface area contributed by atoms with Crippen LogP contribution in [0.3, 0.4) is 0 Å². The van der Waals surface area contributed by atoms with Crippen molar-refractivity contribution in [3.05, 3.63) is 65.7 Å². The molecular weight excluding hydrogens is 344 g/mol. The first kappa shape index (κ1) is 19.0. The number of methoxy groups -OCH3 is 1. The lowest BCUT2D eigenvalue weighted by molar-refractivity contribution is -0.917. The van der Waals surface area contributed by atoms with Crippen LogP contribution in [0.4, 0.5) is 0 Å². The van der Waals surface area contributed by atoms with E-state index < -0.39 is 0 Å². The van der Waals surface area contributed by atoms with Gasteiger partial charge in [-0.3, -0.25) is 4.79 Å². The van der Waals surface area contributed by atoms with Crippen molar-refractivity contribution >= 4 is 17.7 Å². The molecule has 0 atom stereocenters. The first-order chi connectivity index (χ1) is 12.8. The van der Waals surface area contributed by atoms with E-state index in [2.05, 4.69) is 30.3 Å². The van der Waals surface area contributed by atoms with Crippen molar-refractivity contribution in [3.8, 4) is 0 Å². The monoisotopic (exact) mass is 371 g/mol. The second-order valence-electron chi connectivity index (χ2n) is 6.54. The fraction of sp³-hybridized carbons (Fsp3) is 0.381. The standard InChI is InChI=1S/C21H26N2O2S/c1-25-15-16-26-20-10-6-5-9-19(20)21(24)23-13-11-22(12-14-23)17-18-7-3-2-4-8-18/h2-10H,11-17H2,1H3/p+1. The molecule has 0 radical (unpaired) electrons. The van der Waals surface area contributed by atoms with Crippen LogP contribution in [-0.2, 0) is 11.3 Å². The molecule has 0 aliphatic carbocycles. The van der Waals surface area contributed by atoms with Gasteiger partial charge in [0.05, 0.1) is 38.3 Å². The van der Waals surface area contributed by atoms with Gasteiger partial charge in [0, 0.05) is 23.3 Å². The Morgan fingerprint density at radius 2 is 1.77 bits per heavy atom. The number of thioether (sulfide) groups is 1. The Labute approximate surface area is 160 Å². The number of carbonyl (C=O) groups excluding carboxylic acids is 1. The zero-order valence-electron chi connectivity index (χ0n) is 15.3. The van der Waals surface area contributed by atoms with Crippen molar-refractivity contribution in [1.82, 2.24) is 4.90 Å². The van der Waals surface area contributed by atoms with E-state index in [1.807, 2.05) is 29.2 Å². The minimum Gasteiger partial charge on any atom is -0.384 e. The molecule has 0 bridgehead atoms.